The van der Waals surface area contributed by atoms with Gasteiger partial charge in [0.05, 0.1) is 11.4 Å². The van der Waals surface area contributed by atoms with E-state index in [1.165, 1.54) is 6.92 Å². The van der Waals surface area contributed by atoms with Crippen molar-refractivity contribution in [1.82, 2.24) is 0 Å². The molecule has 2 atom stereocenters. The molecule has 4 heteroatoms. The lowest BCUT2D eigenvalue weighted by Gasteiger charge is -2.19. The average molecular weight is 228 g/mol. The van der Waals surface area contributed by atoms with Crippen LogP contribution >= 0.6 is 0 Å². The summed E-state index contributed by atoms with van der Waals surface area (Å²) in [4.78, 5) is 0. The highest BCUT2D eigenvalue weighted by atomic mass is 32.2. The zero-order valence-electron chi connectivity index (χ0n) is 9.14. The molecule has 0 aliphatic rings. The second-order valence-electron chi connectivity index (χ2n) is 3.84. The van der Waals surface area contributed by atoms with Crippen LogP contribution in [0.5, 0.6) is 0 Å². The molecule has 1 rings (SSSR count). The van der Waals surface area contributed by atoms with Crippen molar-refractivity contribution in [2.24, 2.45) is 0 Å². The monoisotopic (exact) mass is 228 g/mol. The fourth-order valence-electron chi connectivity index (χ4n) is 1.41. The summed E-state index contributed by atoms with van der Waals surface area (Å²) in [6, 6.07) is 7.26. The van der Waals surface area contributed by atoms with Crippen molar-refractivity contribution in [3.63, 3.8) is 0 Å². The summed E-state index contributed by atoms with van der Waals surface area (Å²) in [5.41, 5.74) is 1.58. The first-order valence-corrected chi connectivity index (χ1v) is 6.72. The number of hydrogen-bond acceptors (Lipinski definition) is 3. The SMILES string of the molecule is Cc1ccccc1[C@@H](O)[C@@H](C)S(C)(=O)=O. The second-order valence-corrected chi connectivity index (χ2v) is 6.24. The van der Waals surface area contributed by atoms with Gasteiger partial charge in [-0.05, 0) is 25.0 Å². The Hall–Kier alpha value is -0.870. The summed E-state index contributed by atoms with van der Waals surface area (Å²) in [7, 11) is -3.22. The van der Waals surface area contributed by atoms with Crippen LogP contribution in [0, 0.1) is 6.92 Å². The molecule has 3 nitrogen and oxygen atoms in total. The molecule has 0 spiro atoms. The quantitative estimate of drug-likeness (QED) is 0.852. The van der Waals surface area contributed by atoms with E-state index in [0.717, 1.165) is 11.8 Å². The van der Waals surface area contributed by atoms with Crippen LogP contribution in [-0.4, -0.2) is 25.0 Å². The van der Waals surface area contributed by atoms with Gasteiger partial charge in [0.2, 0.25) is 0 Å². The summed E-state index contributed by atoms with van der Waals surface area (Å²) >= 11 is 0. The Morgan fingerprint density at radius 1 is 1.27 bits per heavy atom. The van der Waals surface area contributed by atoms with E-state index in [1.54, 1.807) is 12.1 Å². The van der Waals surface area contributed by atoms with Crippen LogP contribution in [-0.2, 0) is 9.84 Å². The molecule has 0 amide bonds. The molecule has 0 bridgehead atoms. The van der Waals surface area contributed by atoms with Crippen molar-refractivity contribution in [3.05, 3.63) is 35.4 Å². The van der Waals surface area contributed by atoms with E-state index in [-0.39, 0.29) is 0 Å². The van der Waals surface area contributed by atoms with E-state index in [4.69, 9.17) is 0 Å². The van der Waals surface area contributed by atoms with Gasteiger partial charge in [0.1, 0.15) is 0 Å². The summed E-state index contributed by atoms with van der Waals surface area (Å²) < 4.78 is 22.6. The van der Waals surface area contributed by atoms with E-state index in [1.807, 2.05) is 19.1 Å². The van der Waals surface area contributed by atoms with Gasteiger partial charge in [-0.15, -0.1) is 0 Å². The molecule has 15 heavy (non-hydrogen) atoms. The Labute approximate surface area is 90.7 Å². The number of aliphatic hydroxyl groups is 1. The summed E-state index contributed by atoms with van der Waals surface area (Å²) in [5.74, 6) is 0. The van der Waals surface area contributed by atoms with Crippen LogP contribution in [0.2, 0.25) is 0 Å². The highest BCUT2D eigenvalue weighted by molar-refractivity contribution is 7.91. The van der Waals surface area contributed by atoms with Crippen molar-refractivity contribution >= 4 is 9.84 Å². The van der Waals surface area contributed by atoms with Crippen LogP contribution in [0.25, 0.3) is 0 Å². The van der Waals surface area contributed by atoms with Gasteiger partial charge in [0.15, 0.2) is 9.84 Å². The third-order valence-corrected chi connectivity index (χ3v) is 4.24. The van der Waals surface area contributed by atoms with Crippen molar-refractivity contribution in [3.8, 4) is 0 Å². The molecule has 1 aromatic carbocycles. The van der Waals surface area contributed by atoms with E-state index >= 15 is 0 Å². The Kier molecular flexibility index (Phi) is 3.52. The van der Waals surface area contributed by atoms with Gasteiger partial charge in [-0.1, -0.05) is 24.3 Å². The van der Waals surface area contributed by atoms with Crippen molar-refractivity contribution in [1.29, 1.82) is 0 Å². The summed E-state index contributed by atoms with van der Waals surface area (Å²) in [6.07, 6.45) is 0.181. The van der Waals surface area contributed by atoms with Gasteiger partial charge < -0.3 is 5.11 Å². The molecule has 0 unspecified atom stereocenters. The molecule has 0 aliphatic carbocycles. The number of aryl methyl sites for hydroxylation is 1. The predicted octanol–water partition coefficient (Wildman–Crippen LogP) is 1.46. The average Bonchev–Trinajstić information content (AvgIpc) is 2.15. The standard InChI is InChI=1S/C11H16O3S/c1-8-6-4-5-7-10(8)11(12)9(2)15(3,13)14/h4-7,9,11-12H,1-3H3/t9-,11+/m1/s1. The largest absolute Gasteiger partial charge is 0.387 e. The molecular formula is C11H16O3S. The highest BCUT2D eigenvalue weighted by Gasteiger charge is 2.26. The highest BCUT2D eigenvalue weighted by Crippen LogP contribution is 2.23. The molecule has 0 aliphatic heterocycles. The van der Waals surface area contributed by atoms with Crippen molar-refractivity contribution in [2.45, 2.75) is 25.2 Å². The third-order valence-electron chi connectivity index (χ3n) is 2.63. The zero-order valence-corrected chi connectivity index (χ0v) is 9.95. The lowest BCUT2D eigenvalue weighted by Crippen LogP contribution is -2.24. The molecular weight excluding hydrogens is 212 g/mol. The van der Waals surface area contributed by atoms with E-state index < -0.39 is 21.2 Å². The predicted molar refractivity (Wildman–Crippen MR) is 60.4 cm³/mol. The first-order valence-electron chi connectivity index (χ1n) is 4.76. The van der Waals surface area contributed by atoms with E-state index in [9.17, 15) is 13.5 Å². The first kappa shape index (κ1) is 12.2. The molecule has 0 heterocycles. The Balaban J connectivity index is 3.06. The number of hydrogen-bond donors (Lipinski definition) is 1. The topological polar surface area (TPSA) is 54.4 Å². The molecule has 1 N–H and O–H groups in total. The Morgan fingerprint density at radius 3 is 2.27 bits per heavy atom. The molecule has 84 valence electrons. The van der Waals surface area contributed by atoms with Gasteiger partial charge in [-0.2, -0.15) is 0 Å². The van der Waals surface area contributed by atoms with Crippen LogP contribution in [0.1, 0.15) is 24.2 Å². The lowest BCUT2D eigenvalue weighted by atomic mass is 10.0. The molecule has 1 aromatic rings. The van der Waals surface area contributed by atoms with E-state index in [0.29, 0.717) is 5.56 Å². The molecule has 0 fully saturated rings. The van der Waals surface area contributed by atoms with Crippen LogP contribution in [0.4, 0.5) is 0 Å². The third kappa shape index (κ3) is 2.79. The van der Waals surface area contributed by atoms with Crippen molar-refractivity contribution < 1.29 is 13.5 Å². The van der Waals surface area contributed by atoms with Gasteiger partial charge in [0.25, 0.3) is 0 Å². The lowest BCUT2D eigenvalue weighted by molar-refractivity contribution is 0.175. The fraction of sp³-hybridized carbons (Fsp3) is 0.455. The number of rotatable bonds is 3. The van der Waals surface area contributed by atoms with Crippen LogP contribution < -0.4 is 0 Å². The maximum Gasteiger partial charge on any atom is 0.152 e. The summed E-state index contributed by atoms with van der Waals surface area (Å²) in [6.45, 7) is 3.37. The first-order chi connectivity index (χ1) is 6.84. The summed E-state index contributed by atoms with van der Waals surface area (Å²) in [5, 5.41) is 9.15. The van der Waals surface area contributed by atoms with Gasteiger partial charge >= 0.3 is 0 Å². The second kappa shape index (κ2) is 4.33. The smallest absolute Gasteiger partial charge is 0.152 e. The molecule has 0 saturated carbocycles. The van der Waals surface area contributed by atoms with Gasteiger partial charge in [-0.25, -0.2) is 8.42 Å². The van der Waals surface area contributed by atoms with Crippen LogP contribution in [0.15, 0.2) is 24.3 Å². The minimum Gasteiger partial charge on any atom is -0.387 e. The van der Waals surface area contributed by atoms with Gasteiger partial charge in [-0.3, -0.25) is 0 Å². The number of sulfone groups is 1. The minimum atomic E-state index is -3.22. The maximum absolute atomic E-state index is 11.3. The normalized spacial score (nSPS) is 16.0. The number of aliphatic hydroxyl groups excluding tert-OH is 1. The van der Waals surface area contributed by atoms with Gasteiger partial charge in [0, 0.05) is 6.26 Å². The maximum atomic E-state index is 11.3. The number of benzene rings is 1. The Morgan fingerprint density at radius 2 is 1.80 bits per heavy atom. The fourth-order valence-corrected chi connectivity index (χ4v) is 2.02. The minimum absolute atomic E-state index is 0.676. The molecule has 0 saturated heterocycles. The zero-order chi connectivity index (χ0) is 11.6. The molecule has 0 aromatic heterocycles. The van der Waals surface area contributed by atoms with Crippen LogP contribution in [0.3, 0.4) is 0 Å². The van der Waals surface area contributed by atoms with Crippen molar-refractivity contribution in [2.75, 3.05) is 6.26 Å². The Bertz CT molecular complexity index is 437. The van der Waals surface area contributed by atoms with E-state index in [2.05, 4.69) is 0 Å². The molecule has 0 radical (unpaired) electrons.